The van der Waals surface area contributed by atoms with Crippen LogP contribution in [0.25, 0.3) is 0 Å². The molecule has 0 fully saturated rings. The molecule has 0 bridgehead atoms. The van der Waals surface area contributed by atoms with Gasteiger partial charge < -0.3 is 9.15 Å². The third-order valence-corrected chi connectivity index (χ3v) is 1.84. The first-order valence-electron chi connectivity index (χ1n) is 4.52. The van der Waals surface area contributed by atoms with E-state index in [0.29, 0.717) is 0 Å². The highest BCUT2D eigenvalue weighted by molar-refractivity contribution is 5.88. The van der Waals surface area contributed by atoms with Gasteiger partial charge in [0, 0.05) is 0 Å². The van der Waals surface area contributed by atoms with Gasteiger partial charge in [0.15, 0.2) is 0 Å². The van der Waals surface area contributed by atoms with Crippen LogP contribution in [0.15, 0.2) is 10.7 Å². The number of ether oxygens (including phenoxy) is 1. The summed E-state index contributed by atoms with van der Waals surface area (Å²) < 4.78 is 82.7. The smallest absolute Gasteiger partial charge is 0.420 e. The van der Waals surface area contributed by atoms with Crippen molar-refractivity contribution < 1.29 is 40.3 Å². The second kappa shape index (κ2) is 4.54. The monoisotopic (exact) mass is 276 g/mol. The molecule has 0 N–H and O–H groups in total. The summed E-state index contributed by atoms with van der Waals surface area (Å²) in [5, 5.41) is 0. The zero-order valence-corrected chi connectivity index (χ0v) is 8.78. The molecule has 0 saturated heterocycles. The van der Waals surface area contributed by atoms with Crippen molar-refractivity contribution in [2.45, 2.75) is 19.3 Å². The summed E-state index contributed by atoms with van der Waals surface area (Å²) in [6.45, 7) is 0.997. The fourth-order valence-electron chi connectivity index (χ4n) is 1.19. The van der Waals surface area contributed by atoms with E-state index < -0.39 is 35.2 Å². The molecule has 1 aromatic heterocycles. The lowest BCUT2D eigenvalue weighted by Crippen LogP contribution is -2.18. The van der Waals surface area contributed by atoms with Crippen molar-refractivity contribution in [2.75, 3.05) is 6.61 Å². The maximum atomic E-state index is 12.5. The first-order chi connectivity index (χ1) is 8.09. The number of hydrogen-bond acceptors (Lipinski definition) is 3. The largest absolute Gasteiger partial charge is 0.460 e. The van der Waals surface area contributed by atoms with Crippen molar-refractivity contribution in [2.24, 2.45) is 0 Å². The molecule has 0 aliphatic heterocycles. The zero-order valence-electron chi connectivity index (χ0n) is 8.78. The fraction of sp³-hybridized carbons (Fsp3) is 0.444. The molecule has 0 spiro atoms. The van der Waals surface area contributed by atoms with Gasteiger partial charge in [-0.2, -0.15) is 26.3 Å². The maximum absolute atomic E-state index is 12.5. The molecule has 1 rings (SSSR count). The minimum absolute atomic E-state index is 0.158. The van der Waals surface area contributed by atoms with Crippen LogP contribution in [0.5, 0.6) is 0 Å². The van der Waals surface area contributed by atoms with Gasteiger partial charge in [-0.25, -0.2) is 4.79 Å². The SMILES string of the molecule is CCOC(=O)c1occ(C(F)(F)F)c1C(F)(F)F. The van der Waals surface area contributed by atoms with Gasteiger partial charge in [0.1, 0.15) is 17.4 Å². The van der Waals surface area contributed by atoms with Gasteiger partial charge in [-0.05, 0) is 6.92 Å². The molecule has 0 aliphatic carbocycles. The van der Waals surface area contributed by atoms with Crippen LogP contribution in [0.4, 0.5) is 26.3 Å². The maximum Gasteiger partial charge on any atom is 0.420 e. The van der Waals surface area contributed by atoms with Crippen molar-refractivity contribution in [1.29, 1.82) is 0 Å². The van der Waals surface area contributed by atoms with Crippen LogP contribution < -0.4 is 0 Å². The van der Waals surface area contributed by atoms with Crippen molar-refractivity contribution in [3.63, 3.8) is 0 Å². The summed E-state index contributed by atoms with van der Waals surface area (Å²) in [5.41, 5.74) is -4.23. The predicted octanol–water partition coefficient (Wildman–Crippen LogP) is 3.49. The van der Waals surface area contributed by atoms with E-state index in [1.54, 1.807) is 0 Å². The molecule has 1 heterocycles. The molecule has 0 amide bonds. The second-order valence-electron chi connectivity index (χ2n) is 3.07. The van der Waals surface area contributed by atoms with Gasteiger partial charge in [-0.1, -0.05) is 0 Å². The van der Waals surface area contributed by atoms with E-state index in [9.17, 15) is 31.1 Å². The van der Waals surface area contributed by atoms with E-state index in [-0.39, 0.29) is 12.9 Å². The Morgan fingerprint density at radius 3 is 2.17 bits per heavy atom. The van der Waals surface area contributed by atoms with E-state index in [0.717, 1.165) is 0 Å². The molecule has 0 radical (unpaired) electrons. The molecule has 0 saturated carbocycles. The van der Waals surface area contributed by atoms with E-state index in [1.165, 1.54) is 6.92 Å². The van der Waals surface area contributed by atoms with Gasteiger partial charge in [-0.3, -0.25) is 0 Å². The molecular formula is C9H6F6O3. The van der Waals surface area contributed by atoms with E-state index in [2.05, 4.69) is 9.15 Å². The number of esters is 1. The van der Waals surface area contributed by atoms with Crippen LogP contribution in [0.3, 0.4) is 0 Å². The third-order valence-electron chi connectivity index (χ3n) is 1.84. The number of carbonyl (C=O) groups is 1. The molecule has 0 unspecified atom stereocenters. The van der Waals surface area contributed by atoms with E-state index in [1.807, 2.05) is 0 Å². The average Bonchev–Trinajstić information content (AvgIpc) is 2.60. The third kappa shape index (κ3) is 2.77. The lowest BCUT2D eigenvalue weighted by atomic mass is 10.1. The standard InChI is InChI=1S/C9H6F6O3/c1-2-17-7(16)6-5(9(13,14)15)4(3-18-6)8(10,11)12/h3H,2H2,1H3. The Bertz CT molecular complexity index is 442. The van der Waals surface area contributed by atoms with Crippen LogP contribution in [0.2, 0.25) is 0 Å². The molecule has 1 aromatic rings. The van der Waals surface area contributed by atoms with Crippen molar-refractivity contribution in [3.8, 4) is 0 Å². The van der Waals surface area contributed by atoms with Crippen LogP contribution >= 0.6 is 0 Å². The van der Waals surface area contributed by atoms with Crippen molar-refractivity contribution >= 4 is 5.97 Å². The van der Waals surface area contributed by atoms with Crippen molar-refractivity contribution in [1.82, 2.24) is 0 Å². The molecule has 0 aliphatic rings. The zero-order chi connectivity index (χ0) is 14.1. The summed E-state index contributed by atoms with van der Waals surface area (Å²) in [7, 11) is 0. The number of hydrogen-bond donors (Lipinski definition) is 0. The molecule has 3 nitrogen and oxygen atoms in total. The van der Waals surface area contributed by atoms with E-state index >= 15 is 0 Å². The van der Waals surface area contributed by atoms with Crippen LogP contribution in [-0.4, -0.2) is 12.6 Å². The summed E-state index contributed by atoms with van der Waals surface area (Å²) >= 11 is 0. The van der Waals surface area contributed by atoms with E-state index in [4.69, 9.17) is 0 Å². The fourth-order valence-corrected chi connectivity index (χ4v) is 1.19. The lowest BCUT2D eigenvalue weighted by molar-refractivity contribution is -0.161. The first-order valence-corrected chi connectivity index (χ1v) is 4.52. The molecule has 102 valence electrons. The molecule has 18 heavy (non-hydrogen) atoms. The normalized spacial score (nSPS) is 12.6. The summed E-state index contributed by atoms with van der Waals surface area (Å²) in [4.78, 5) is 11.1. The first kappa shape index (κ1) is 14.4. The van der Waals surface area contributed by atoms with Gasteiger partial charge in [0.05, 0.1) is 6.61 Å². The number of rotatable bonds is 2. The van der Waals surface area contributed by atoms with Crippen LogP contribution in [0.1, 0.15) is 28.6 Å². The minimum atomic E-state index is -5.38. The van der Waals surface area contributed by atoms with Crippen LogP contribution in [0, 0.1) is 0 Å². The highest BCUT2D eigenvalue weighted by Crippen LogP contribution is 2.43. The predicted molar refractivity (Wildman–Crippen MR) is 44.7 cm³/mol. The molecule has 9 heteroatoms. The highest BCUT2D eigenvalue weighted by atomic mass is 19.4. The average molecular weight is 276 g/mol. The topological polar surface area (TPSA) is 39.4 Å². The van der Waals surface area contributed by atoms with Gasteiger partial charge in [0.25, 0.3) is 0 Å². The Morgan fingerprint density at radius 2 is 1.78 bits per heavy atom. The Hall–Kier alpha value is -1.67. The Labute approximate surface area is 96.3 Å². The molecule has 0 aromatic carbocycles. The Kier molecular flexibility index (Phi) is 3.63. The number of alkyl halides is 6. The second-order valence-corrected chi connectivity index (χ2v) is 3.07. The Morgan fingerprint density at radius 1 is 1.22 bits per heavy atom. The van der Waals surface area contributed by atoms with Crippen LogP contribution in [-0.2, 0) is 17.1 Å². The summed E-state index contributed by atoms with van der Waals surface area (Å²) in [5.74, 6) is -3.10. The van der Waals surface area contributed by atoms with Gasteiger partial charge in [0.2, 0.25) is 5.76 Å². The lowest BCUT2D eigenvalue weighted by Gasteiger charge is -2.11. The van der Waals surface area contributed by atoms with Crippen molar-refractivity contribution in [3.05, 3.63) is 23.2 Å². The molecule has 0 atom stereocenters. The Balaban J connectivity index is 3.39. The number of carbonyl (C=O) groups excluding carboxylic acids is 1. The number of halogens is 6. The van der Waals surface area contributed by atoms with Gasteiger partial charge in [-0.15, -0.1) is 0 Å². The van der Waals surface area contributed by atoms with Gasteiger partial charge >= 0.3 is 18.3 Å². The minimum Gasteiger partial charge on any atom is -0.460 e. The number of furan rings is 1. The molecular weight excluding hydrogens is 270 g/mol. The summed E-state index contributed by atoms with van der Waals surface area (Å²) in [6, 6.07) is 0. The quantitative estimate of drug-likeness (QED) is 0.613. The summed E-state index contributed by atoms with van der Waals surface area (Å²) in [6.07, 6.45) is -10.8. The highest BCUT2D eigenvalue weighted by Gasteiger charge is 2.49.